The first kappa shape index (κ1) is 22.4. The quantitative estimate of drug-likeness (QED) is 0.528. The largest absolute Gasteiger partial charge is 0.497 e. The van der Waals surface area contributed by atoms with Crippen LogP contribution in [0.5, 0.6) is 5.75 Å². The van der Waals surface area contributed by atoms with Crippen molar-refractivity contribution < 1.29 is 9.53 Å². The lowest BCUT2D eigenvalue weighted by Gasteiger charge is -2.35. The van der Waals surface area contributed by atoms with E-state index in [2.05, 4.69) is 43.6 Å². The van der Waals surface area contributed by atoms with Gasteiger partial charge in [-0.25, -0.2) is 0 Å². The average molecular weight is 416 g/mol. The van der Waals surface area contributed by atoms with Gasteiger partial charge < -0.3 is 20.3 Å². The average Bonchev–Trinajstić information content (AvgIpc) is 3.32. The molecule has 0 saturated carbocycles. The molecule has 2 N–H and O–H groups in total. The van der Waals surface area contributed by atoms with Crippen molar-refractivity contribution in [3.63, 3.8) is 0 Å². The predicted molar refractivity (Wildman–Crippen MR) is 121 cm³/mol. The normalized spacial score (nSPS) is 19.6. The highest BCUT2D eigenvalue weighted by Crippen LogP contribution is 2.27. The number of piperidine rings is 1. The van der Waals surface area contributed by atoms with Crippen LogP contribution in [0.25, 0.3) is 0 Å². The molecule has 0 aliphatic carbocycles. The highest BCUT2D eigenvalue weighted by atomic mass is 16.5. The predicted octanol–water partition coefficient (Wildman–Crippen LogP) is 2.26. The van der Waals surface area contributed by atoms with E-state index in [-0.39, 0.29) is 5.91 Å². The number of rotatable bonds is 7. The van der Waals surface area contributed by atoms with Crippen LogP contribution in [-0.4, -0.2) is 75.6 Å². The fourth-order valence-corrected chi connectivity index (χ4v) is 4.59. The molecule has 2 fully saturated rings. The number of guanidine groups is 1. The number of methoxy groups -OCH3 is 1. The Morgan fingerprint density at radius 3 is 2.60 bits per heavy atom. The summed E-state index contributed by atoms with van der Waals surface area (Å²) in [6.45, 7) is 4.96. The Morgan fingerprint density at radius 1 is 1.23 bits per heavy atom. The van der Waals surface area contributed by atoms with Gasteiger partial charge in [0.2, 0.25) is 5.91 Å². The molecule has 166 valence electrons. The molecule has 1 unspecified atom stereocenters. The molecule has 1 amide bonds. The van der Waals surface area contributed by atoms with E-state index in [9.17, 15) is 4.79 Å². The van der Waals surface area contributed by atoms with Crippen molar-refractivity contribution in [1.29, 1.82) is 0 Å². The van der Waals surface area contributed by atoms with E-state index in [0.29, 0.717) is 18.4 Å². The van der Waals surface area contributed by atoms with Crippen molar-refractivity contribution in [3.8, 4) is 5.75 Å². The first-order valence-electron chi connectivity index (χ1n) is 11.2. The maximum Gasteiger partial charge on any atom is 0.220 e. The minimum atomic E-state index is 0.141. The van der Waals surface area contributed by atoms with Crippen LogP contribution >= 0.6 is 0 Å². The smallest absolute Gasteiger partial charge is 0.220 e. The van der Waals surface area contributed by atoms with E-state index in [1.165, 1.54) is 18.4 Å². The lowest BCUT2D eigenvalue weighted by molar-refractivity contribution is -0.121. The Kier molecular flexibility index (Phi) is 8.37. The second-order valence-electron chi connectivity index (χ2n) is 8.27. The van der Waals surface area contributed by atoms with E-state index in [1.54, 1.807) is 14.2 Å². The van der Waals surface area contributed by atoms with Crippen LogP contribution in [0.3, 0.4) is 0 Å². The summed E-state index contributed by atoms with van der Waals surface area (Å²) in [6, 6.07) is 8.71. The molecule has 0 spiro atoms. The number of ether oxygens (including phenoxy) is 1. The van der Waals surface area contributed by atoms with Crippen LogP contribution in [0.1, 0.15) is 43.7 Å². The van der Waals surface area contributed by atoms with Gasteiger partial charge in [0.25, 0.3) is 0 Å². The van der Waals surface area contributed by atoms with Crippen LogP contribution in [0, 0.1) is 5.92 Å². The van der Waals surface area contributed by atoms with E-state index >= 15 is 0 Å². The maximum atomic E-state index is 11.7. The lowest BCUT2D eigenvalue weighted by Crippen LogP contribution is -2.48. The molecule has 2 saturated heterocycles. The zero-order valence-corrected chi connectivity index (χ0v) is 18.7. The van der Waals surface area contributed by atoms with Gasteiger partial charge in [-0.05, 0) is 62.4 Å². The van der Waals surface area contributed by atoms with Gasteiger partial charge in [0.15, 0.2) is 5.96 Å². The first-order chi connectivity index (χ1) is 14.6. The van der Waals surface area contributed by atoms with Gasteiger partial charge in [-0.3, -0.25) is 14.7 Å². The summed E-state index contributed by atoms with van der Waals surface area (Å²) < 4.78 is 5.46. The van der Waals surface area contributed by atoms with Gasteiger partial charge in [0, 0.05) is 40.2 Å². The molecule has 30 heavy (non-hydrogen) atoms. The number of carbonyl (C=O) groups is 1. The molecule has 2 aliphatic heterocycles. The number of nitrogens with zero attached hydrogens (tertiary/aromatic N) is 3. The Balaban J connectivity index is 1.60. The Bertz CT molecular complexity index is 709. The van der Waals surface area contributed by atoms with E-state index in [4.69, 9.17) is 4.74 Å². The number of benzene rings is 1. The summed E-state index contributed by atoms with van der Waals surface area (Å²) in [5, 5.41) is 6.37. The van der Waals surface area contributed by atoms with Crippen molar-refractivity contribution in [2.75, 3.05) is 53.9 Å². The van der Waals surface area contributed by atoms with Crippen LogP contribution in [0.4, 0.5) is 0 Å². The fraction of sp³-hybridized carbons (Fsp3) is 0.652. The molecule has 2 heterocycles. The Morgan fingerprint density at radius 2 is 1.97 bits per heavy atom. The number of likely N-dealkylation sites (tertiary alicyclic amines) is 2. The standard InChI is InChI=1S/C23H37N5O2/c1-24-22(29)15-18-9-13-28(14-10-18)23(25-2)26-17-21(27-11-4-5-12-27)19-7-6-8-20(16-19)30-3/h6-8,16,18,21H,4-5,9-15,17H2,1-3H3,(H,24,29)(H,25,26). The minimum absolute atomic E-state index is 0.141. The molecule has 0 aromatic heterocycles. The van der Waals surface area contributed by atoms with Gasteiger partial charge >= 0.3 is 0 Å². The van der Waals surface area contributed by atoms with Gasteiger partial charge in [-0.2, -0.15) is 0 Å². The summed E-state index contributed by atoms with van der Waals surface area (Å²) in [6.07, 6.45) is 5.20. The Hall–Kier alpha value is -2.28. The van der Waals surface area contributed by atoms with Crippen molar-refractivity contribution in [1.82, 2.24) is 20.4 Å². The molecule has 1 atom stereocenters. The molecule has 0 radical (unpaired) electrons. The van der Waals surface area contributed by atoms with Gasteiger partial charge in [-0.1, -0.05) is 12.1 Å². The van der Waals surface area contributed by atoms with Crippen molar-refractivity contribution in [2.45, 2.75) is 38.1 Å². The first-order valence-corrected chi connectivity index (χ1v) is 11.2. The highest BCUT2D eigenvalue weighted by molar-refractivity contribution is 5.80. The van der Waals surface area contributed by atoms with Gasteiger partial charge in [0.05, 0.1) is 13.2 Å². The van der Waals surface area contributed by atoms with Gasteiger partial charge in [-0.15, -0.1) is 0 Å². The SMILES string of the molecule is CN=C(NCC(c1cccc(OC)c1)N1CCCC1)N1CCC(CC(=O)NC)CC1. The van der Waals surface area contributed by atoms with Crippen LogP contribution in [-0.2, 0) is 4.79 Å². The minimum Gasteiger partial charge on any atom is -0.497 e. The van der Waals surface area contributed by atoms with Crippen LogP contribution in [0.2, 0.25) is 0 Å². The van der Waals surface area contributed by atoms with E-state index in [1.807, 2.05) is 13.1 Å². The van der Waals surface area contributed by atoms with Gasteiger partial charge in [0.1, 0.15) is 5.75 Å². The summed E-state index contributed by atoms with van der Waals surface area (Å²) in [4.78, 5) is 21.1. The highest BCUT2D eigenvalue weighted by Gasteiger charge is 2.26. The van der Waals surface area contributed by atoms with Crippen LogP contribution < -0.4 is 15.4 Å². The molecule has 7 nitrogen and oxygen atoms in total. The third kappa shape index (κ3) is 5.88. The second-order valence-corrected chi connectivity index (χ2v) is 8.27. The number of amides is 1. The zero-order valence-electron chi connectivity index (χ0n) is 18.7. The third-order valence-electron chi connectivity index (χ3n) is 6.39. The fourth-order valence-electron chi connectivity index (χ4n) is 4.59. The number of nitrogens with one attached hydrogen (secondary N) is 2. The topological polar surface area (TPSA) is 69.2 Å². The molecular weight excluding hydrogens is 378 g/mol. The molecule has 1 aromatic rings. The van der Waals surface area contributed by atoms with Crippen LogP contribution in [0.15, 0.2) is 29.3 Å². The molecule has 0 bridgehead atoms. The molecule has 1 aromatic carbocycles. The molecule has 7 heteroatoms. The van der Waals surface area contributed by atoms with Crippen molar-refractivity contribution in [3.05, 3.63) is 29.8 Å². The lowest BCUT2D eigenvalue weighted by atomic mass is 9.93. The van der Waals surface area contributed by atoms with E-state index < -0.39 is 0 Å². The summed E-state index contributed by atoms with van der Waals surface area (Å²) in [5.41, 5.74) is 1.28. The monoisotopic (exact) mass is 415 g/mol. The zero-order chi connectivity index (χ0) is 21.3. The maximum absolute atomic E-state index is 11.7. The number of hydrogen-bond donors (Lipinski definition) is 2. The summed E-state index contributed by atoms with van der Waals surface area (Å²) >= 11 is 0. The van der Waals surface area contributed by atoms with Crippen molar-refractivity contribution >= 4 is 11.9 Å². The molecule has 3 rings (SSSR count). The number of hydrogen-bond acceptors (Lipinski definition) is 4. The molecule has 2 aliphatic rings. The van der Waals surface area contributed by atoms with Crippen molar-refractivity contribution in [2.24, 2.45) is 10.9 Å². The summed E-state index contributed by atoms with van der Waals surface area (Å²) in [7, 11) is 5.29. The number of carbonyl (C=O) groups excluding carboxylic acids is 1. The van der Waals surface area contributed by atoms with E-state index in [0.717, 1.165) is 57.3 Å². The summed E-state index contributed by atoms with van der Waals surface area (Å²) in [5.74, 6) is 2.47. The Labute approximate surface area is 180 Å². The number of aliphatic imine (C=N–C) groups is 1. The molecular formula is C23H37N5O2. The third-order valence-corrected chi connectivity index (χ3v) is 6.39. The second kappa shape index (κ2) is 11.2.